The Bertz CT molecular complexity index is 380. The highest BCUT2D eigenvalue weighted by Gasteiger charge is 2.13. The number of rotatable bonds is 5. The molecule has 1 aromatic rings. The molecule has 1 atom stereocenters. The maximum absolute atomic E-state index is 13.1. The average molecular weight is 255 g/mol. The van der Waals surface area contributed by atoms with Crippen LogP contribution < -0.4 is 10.5 Å². The summed E-state index contributed by atoms with van der Waals surface area (Å²) in [5.74, 6) is -0.0149. The van der Waals surface area contributed by atoms with E-state index in [1.54, 1.807) is 6.07 Å². The van der Waals surface area contributed by atoms with Crippen LogP contribution in [0, 0.1) is 5.82 Å². The number of anilines is 1. The molecule has 5 heteroatoms. The molecule has 1 aromatic carbocycles. The minimum Gasteiger partial charge on any atom is -0.491 e. The average Bonchev–Trinajstić information content (AvgIpc) is 2.40. The Morgan fingerprint density at radius 2 is 2.22 bits per heavy atom. The van der Waals surface area contributed by atoms with Gasteiger partial charge in [0.1, 0.15) is 18.2 Å². The van der Waals surface area contributed by atoms with Gasteiger partial charge in [-0.15, -0.1) is 0 Å². The van der Waals surface area contributed by atoms with Crippen molar-refractivity contribution in [2.75, 3.05) is 25.6 Å². The van der Waals surface area contributed by atoms with Crippen molar-refractivity contribution in [3.63, 3.8) is 0 Å². The summed E-state index contributed by atoms with van der Waals surface area (Å²) in [6.07, 6.45) is 3.04. The highest BCUT2D eigenvalue weighted by atomic mass is 19.1. The van der Waals surface area contributed by atoms with Crippen LogP contribution in [0.5, 0.6) is 5.75 Å². The van der Waals surface area contributed by atoms with Crippen LogP contribution in [0.2, 0.25) is 0 Å². The van der Waals surface area contributed by atoms with Crippen molar-refractivity contribution in [2.24, 2.45) is 0 Å². The molecule has 0 radical (unpaired) electrons. The molecular formula is C13H18FNO3. The predicted molar refractivity (Wildman–Crippen MR) is 65.9 cm³/mol. The van der Waals surface area contributed by atoms with Crippen LogP contribution in [0.1, 0.15) is 19.3 Å². The highest BCUT2D eigenvalue weighted by molar-refractivity contribution is 5.43. The molecule has 1 saturated heterocycles. The molecule has 1 fully saturated rings. The van der Waals surface area contributed by atoms with E-state index in [1.807, 2.05) is 0 Å². The van der Waals surface area contributed by atoms with Crippen molar-refractivity contribution in [2.45, 2.75) is 25.6 Å². The van der Waals surface area contributed by atoms with Crippen LogP contribution in [-0.2, 0) is 9.47 Å². The Kier molecular flexibility index (Phi) is 4.78. The fourth-order valence-corrected chi connectivity index (χ4v) is 1.78. The van der Waals surface area contributed by atoms with Crippen LogP contribution in [0.4, 0.5) is 10.1 Å². The molecule has 1 heterocycles. The fourth-order valence-electron chi connectivity index (χ4n) is 1.78. The largest absolute Gasteiger partial charge is 0.491 e. The van der Waals surface area contributed by atoms with E-state index in [-0.39, 0.29) is 12.0 Å². The molecule has 1 aliphatic heterocycles. The minimum atomic E-state index is -0.468. The first-order valence-electron chi connectivity index (χ1n) is 6.17. The summed E-state index contributed by atoms with van der Waals surface area (Å²) in [5, 5.41) is 0. The van der Waals surface area contributed by atoms with Crippen LogP contribution in [0.3, 0.4) is 0 Å². The van der Waals surface area contributed by atoms with E-state index in [1.165, 1.54) is 12.1 Å². The monoisotopic (exact) mass is 255 g/mol. The van der Waals surface area contributed by atoms with E-state index in [9.17, 15) is 4.39 Å². The third-order valence-electron chi connectivity index (χ3n) is 2.77. The zero-order valence-electron chi connectivity index (χ0n) is 10.2. The summed E-state index contributed by atoms with van der Waals surface area (Å²) in [6.45, 7) is 1.55. The maximum Gasteiger partial charge on any atom is 0.157 e. The van der Waals surface area contributed by atoms with E-state index < -0.39 is 5.82 Å². The zero-order valence-corrected chi connectivity index (χ0v) is 10.2. The first kappa shape index (κ1) is 13.1. The minimum absolute atomic E-state index is 0.120. The predicted octanol–water partition coefficient (Wildman–Crippen LogP) is 2.33. The van der Waals surface area contributed by atoms with Gasteiger partial charge >= 0.3 is 0 Å². The molecule has 0 spiro atoms. The number of hydrogen-bond donors (Lipinski definition) is 1. The Balaban J connectivity index is 1.66. The van der Waals surface area contributed by atoms with Crippen LogP contribution in [0.15, 0.2) is 18.2 Å². The number of nitrogens with two attached hydrogens (primary N) is 1. The maximum atomic E-state index is 13.1. The molecule has 0 bridgehead atoms. The van der Waals surface area contributed by atoms with Gasteiger partial charge in [-0.1, -0.05) is 0 Å². The number of hydrogen-bond acceptors (Lipinski definition) is 4. The molecule has 0 aromatic heterocycles. The van der Waals surface area contributed by atoms with Crippen molar-refractivity contribution >= 4 is 5.69 Å². The summed E-state index contributed by atoms with van der Waals surface area (Å²) >= 11 is 0. The van der Waals surface area contributed by atoms with Gasteiger partial charge in [-0.3, -0.25) is 0 Å². The first-order chi connectivity index (χ1) is 8.75. The van der Waals surface area contributed by atoms with Gasteiger partial charge < -0.3 is 19.9 Å². The summed E-state index contributed by atoms with van der Waals surface area (Å²) in [4.78, 5) is 0. The van der Waals surface area contributed by atoms with Crippen LogP contribution in [0.25, 0.3) is 0 Å². The van der Waals surface area contributed by atoms with E-state index in [0.29, 0.717) is 19.0 Å². The Hall–Kier alpha value is -1.33. The Morgan fingerprint density at radius 1 is 1.33 bits per heavy atom. The molecule has 0 aliphatic carbocycles. The molecule has 0 amide bonds. The second-order valence-corrected chi connectivity index (χ2v) is 4.20. The van der Waals surface area contributed by atoms with Crippen molar-refractivity contribution < 1.29 is 18.6 Å². The molecule has 1 aliphatic rings. The third kappa shape index (κ3) is 3.85. The lowest BCUT2D eigenvalue weighted by Crippen LogP contribution is -2.24. The first-order valence-corrected chi connectivity index (χ1v) is 6.17. The Labute approximate surface area is 106 Å². The van der Waals surface area contributed by atoms with Crippen molar-refractivity contribution in [3.8, 4) is 5.75 Å². The van der Waals surface area contributed by atoms with Gasteiger partial charge in [-0.25, -0.2) is 4.39 Å². The second kappa shape index (κ2) is 6.56. The van der Waals surface area contributed by atoms with Crippen molar-refractivity contribution in [1.29, 1.82) is 0 Å². The lowest BCUT2D eigenvalue weighted by atomic mass is 10.2. The van der Waals surface area contributed by atoms with Crippen molar-refractivity contribution in [1.82, 2.24) is 0 Å². The van der Waals surface area contributed by atoms with Gasteiger partial charge in [0, 0.05) is 12.7 Å². The molecule has 2 rings (SSSR count). The molecule has 2 N–H and O–H groups in total. The van der Waals surface area contributed by atoms with Crippen LogP contribution >= 0.6 is 0 Å². The second-order valence-electron chi connectivity index (χ2n) is 4.20. The lowest BCUT2D eigenvalue weighted by Gasteiger charge is -2.22. The summed E-state index contributed by atoms with van der Waals surface area (Å²) < 4.78 is 29.4. The molecule has 1 unspecified atom stereocenters. The quantitative estimate of drug-likeness (QED) is 0.648. The van der Waals surface area contributed by atoms with Gasteiger partial charge in [0.15, 0.2) is 6.29 Å². The number of benzene rings is 1. The van der Waals surface area contributed by atoms with Gasteiger partial charge in [0.25, 0.3) is 0 Å². The van der Waals surface area contributed by atoms with Gasteiger partial charge in [0.2, 0.25) is 0 Å². The topological polar surface area (TPSA) is 53.7 Å². The zero-order chi connectivity index (χ0) is 12.8. The van der Waals surface area contributed by atoms with E-state index in [2.05, 4.69) is 0 Å². The molecule has 18 heavy (non-hydrogen) atoms. The molecule has 100 valence electrons. The van der Waals surface area contributed by atoms with E-state index in [4.69, 9.17) is 19.9 Å². The van der Waals surface area contributed by atoms with Crippen molar-refractivity contribution in [3.05, 3.63) is 24.0 Å². The summed E-state index contributed by atoms with van der Waals surface area (Å²) in [7, 11) is 0. The smallest absolute Gasteiger partial charge is 0.157 e. The third-order valence-corrected chi connectivity index (χ3v) is 2.77. The number of halogens is 1. The fraction of sp³-hybridized carbons (Fsp3) is 0.538. The van der Waals surface area contributed by atoms with E-state index >= 15 is 0 Å². The molecule has 4 nitrogen and oxygen atoms in total. The summed E-state index contributed by atoms with van der Waals surface area (Å²) in [5.41, 5.74) is 5.49. The lowest BCUT2D eigenvalue weighted by molar-refractivity contribution is -0.165. The van der Waals surface area contributed by atoms with Gasteiger partial charge in [0.05, 0.1) is 12.3 Å². The van der Waals surface area contributed by atoms with Gasteiger partial charge in [-0.2, -0.15) is 0 Å². The van der Waals surface area contributed by atoms with Gasteiger partial charge in [-0.05, 0) is 31.4 Å². The molecule has 0 saturated carbocycles. The SMILES string of the molecule is Nc1ccc(OCCOC2CCCCO2)cc1F. The number of ether oxygens (including phenoxy) is 3. The standard InChI is InChI=1S/C13H18FNO3/c14-11-9-10(4-5-12(11)15)16-7-8-18-13-3-1-2-6-17-13/h4-5,9,13H,1-3,6-8,15H2. The van der Waals surface area contributed by atoms with E-state index in [0.717, 1.165) is 25.9 Å². The highest BCUT2D eigenvalue weighted by Crippen LogP contribution is 2.18. The molecular weight excluding hydrogens is 237 g/mol. The van der Waals surface area contributed by atoms with Crippen LogP contribution in [-0.4, -0.2) is 26.1 Å². The normalized spacial score (nSPS) is 19.7. The Morgan fingerprint density at radius 3 is 2.94 bits per heavy atom. The number of nitrogen functional groups attached to an aromatic ring is 1. The summed E-state index contributed by atoms with van der Waals surface area (Å²) in [6, 6.07) is 4.39.